The Bertz CT molecular complexity index is 158. The van der Waals surface area contributed by atoms with Gasteiger partial charge in [-0.05, 0) is 17.2 Å². The summed E-state index contributed by atoms with van der Waals surface area (Å²) in [7, 11) is 0.0748. The summed E-state index contributed by atoms with van der Waals surface area (Å²) in [6, 6.07) is 0. The normalized spacial score (nSPS) is 32.8. The van der Waals surface area contributed by atoms with Gasteiger partial charge in [0.15, 0.2) is 0 Å². The molecule has 0 radical (unpaired) electrons. The highest BCUT2D eigenvalue weighted by Crippen LogP contribution is 2.35. The van der Waals surface area contributed by atoms with Crippen molar-refractivity contribution < 1.29 is 4.74 Å². The second-order valence-corrected chi connectivity index (χ2v) is 4.65. The summed E-state index contributed by atoms with van der Waals surface area (Å²) in [5.41, 5.74) is 0. The molecule has 0 N–H and O–H groups in total. The van der Waals surface area contributed by atoms with Gasteiger partial charge in [-0.2, -0.15) is 0 Å². The summed E-state index contributed by atoms with van der Waals surface area (Å²) < 4.78 is 5.34. The third kappa shape index (κ3) is 1.27. The fourth-order valence-corrected chi connectivity index (χ4v) is 2.90. The second kappa shape index (κ2) is 2.81. The largest absolute Gasteiger partial charge is 0.377 e. The fraction of sp³-hybridized carbons (Fsp3) is 0.500. The average Bonchev–Trinajstić information content (AvgIpc) is 2.29. The molecule has 0 saturated carbocycles. The molecule has 2 aliphatic heterocycles. The quantitative estimate of drug-likeness (QED) is 0.600. The number of hydrogen-bond donors (Lipinski definition) is 1. The summed E-state index contributed by atoms with van der Waals surface area (Å²) in [6.45, 7) is 0.987. The highest BCUT2D eigenvalue weighted by atomic mass is 32.2. The highest BCUT2D eigenvalue weighted by molar-refractivity contribution is 8.22. The first-order valence-corrected chi connectivity index (χ1v) is 5.34. The van der Waals surface area contributed by atoms with Gasteiger partial charge in [-0.15, -0.1) is 0 Å². The lowest BCUT2D eigenvalue weighted by Gasteiger charge is -2.28. The number of thiol groups is 1. The van der Waals surface area contributed by atoms with Gasteiger partial charge in [-0.25, -0.2) is 10.9 Å². The predicted molar refractivity (Wildman–Crippen MR) is 46.5 cm³/mol. The van der Waals surface area contributed by atoms with Crippen molar-refractivity contribution in [3.63, 3.8) is 0 Å². The molecule has 10 heavy (non-hydrogen) atoms. The van der Waals surface area contributed by atoms with E-state index in [9.17, 15) is 0 Å². The Morgan fingerprint density at radius 1 is 1.40 bits per heavy atom. The third-order valence-electron chi connectivity index (χ3n) is 1.87. The van der Waals surface area contributed by atoms with E-state index in [2.05, 4.69) is 23.0 Å². The van der Waals surface area contributed by atoms with E-state index in [0.29, 0.717) is 6.10 Å². The zero-order chi connectivity index (χ0) is 6.81. The lowest BCUT2D eigenvalue weighted by atomic mass is 10.2. The van der Waals surface area contributed by atoms with E-state index in [1.165, 1.54) is 12.2 Å². The minimum atomic E-state index is 0.0748. The van der Waals surface area contributed by atoms with Gasteiger partial charge in [0.25, 0.3) is 0 Å². The molecule has 0 spiro atoms. The Morgan fingerprint density at radius 2 is 2.10 bits per heavy atom. The Balaban J connectivity index is 1.79. The van der Waals surface area contributed by atoms with E-state index < -0.39 is 0 Å². The summed E-state index contributed by atoms with van der Waals surface area (Å²) in [4.78, 5) is 0. The molecule has 56 valence electrons. The molecule has 2 rings (SSSR count). The van der Waals surface area contributed by atoms with Gasteiger partial charge >= 0.3 is 0 Å². The van der Waals surface area contributed by atoms with E-state index in [0.717, 1.165) is 6.61 Å². The monoisotopic (exact) mass is 156 g/mol. The second-order valence-electron chi connectivity index (χ2n) is 2.66. The average molecular weight is 156 g/mol. The minimum absolute atomic E-state index is 0.0748. The number of hydrogen-bond acceptors (Lipinski definition) is 1. The first-order valence-electron chi connectivity index (χ1n) is 3.67. The van der Waals surface area contributed by atoms with Gasteiger partial charge in [-0.3, -0.25) is 0 Å². The van der Waals surface area contributed by atoms with Gasteiger partial charge in [0.1, 0.15) is 0 Å². The first kappa shape index (κ1) is 6.50. The fourth-order valence-electron chi connectivity index (χ4n) is 1.16. The highest BCUT2D eigenvalue weighted by Gasteiger charge is 2.19. The van der Waals surface area contributed by atoms with Crippen molar-refractivity contribution in [3.05, 3.63) is 23.0 Å². The van der Waals surface area contributed by atoms with Gasteiger partial charge in [0, 0.05) is 12.4 Å². The summed E-state index contributed by atoms with van der Waals surface area (Å²) in [5, 5.41) is 4.61. The van der Waals surface area contributed by atoms with Crippen LogP contribution < -0.4 is 0 Å². The predicted octanol–water partition coefficient (Wildman–Crippen LogP) is 1.82. The van der Waals surface area contributed by atoms with Crippen molar-refractivity contribution in [1.82, 2.24) is 0 Å². The molecule has 2 heterocycles. The lowest BCUT2D eigenvalue weighted by molar-refractivity contribution is -0.0344. The molecule has 1 fully saturated rings. The van der Waals surface area contributed by atoms with Gasteiger partial charge in [0.2, 0.25) is 0 Å². The van der Waals surface area contributed by atoms with Crippen LogP contribution in [0.25, 0.3) is 0 Å². The smallest absolute Gasteiger partial charge is 0.0676 e. The molecule has 1 atom stereocenters. The maximum atomic E-state index is 5.34. The topological polar surface area (TPSA) is 9.23 Å². The standard InChI is InChI=1S/C8H12OS/c1-2-6-10(5-1)7-8-3-4-9-8/h1-2,5-6,8,10H,3-4,7H2/t8-/m0/s1. The molecule has 0 amide bonds. The van der Waals surface area contributed by atoms with Crippen LogP contribution in [0.2, 0.25) is 0 Å². The van der Waals surface area contributed by atoms with Gasteiger partial charge in [0.05, 0.1) is 6.10 Å². The molecular formula is C8H12OS. The molecule has 0 aromatic carbocycles. The molecule has 1 saturated heterocycles. The Morgan fingerprint density at radius 3 is 2.60 bits per heavy atom. The van der Waals surface area contributed by atoms with Crippen LogP contribution in [-0.4, -0.2) is 18.5 Å². The van der Waals surface area contributed by atoms with Crippen LogP contribution in [0.5, 0.6) is 0 Å². The molecule has 2 heteroatoms. The minimum Gasteiger partial charge on any atom is -0.377 e. The van der Waals surface area contributed by atoms with E-state index in [1.807, 2.05) is 0 Å². The number of ether oxygens (including phenoxy) is 1. The Hall–Kier alpha value is -0.210. The van der Waals surface area contributed by atoms with Crippen LogP contribution in [0.4, 0.5) is 0 Å². The van der Waals surface area contributed by atoms with Crippen LogP contribution in [0, 0.1) is 0 Å². The summed E-state index contributed by atoms with van der Waals surface area (Å²) in [5.74, 6) is 1.25. The molecule has 1 nitrogen and oxygen atoms in total. The van der Waals surface area contributed by atoms with E-state index in [-0.39, 0.29) is 10.9 Å². The van der Waals surface area contributed by atoms with Crippen molar-refractivity contribution in [2.45, 2.75) is 12.5 Å². The number of rotatable bonds is 2. The molecule has 0 aliphatic carbocycles. The van der Waals surface area contributed by atoms with Gasteiger partial charge in [-0.1, -0.05) is 12.2 Å². The molecule has 0 unspecified atom stereocenters. The summed E-state index contributed by atoms with van der Waals surface area (Å²) in [6.07, 6.45) is 6.15. The lowest BCUT2D eigenvalue weighted by Crippen LogP contribution is -2.29. The van der Waals surface area contributed by atoms with Crippen molar-refractivity contribution in [1.29, 1.82) is 0 Å². The van der Waals surface area contributed by atoms with Crippen LogP contribution >= 0.6 is 10.9 Å². The van der Waals surface area contributed by atoms with Crippen LogP contribution in [-0.2, 0) is 4.74 Å². The van der Waals surface area contributed by atoms with Crippen molar-refractivity contribution in [3.8, 4) is 0 Å². The molecule has 0 aromatic rings. The molecule has 2 aliphatic rings. The van der Waals surface area contributed by atoms with E-state index in [1.54, 1.807) is 0 Å². The third-order valence-corrected chi connectivity index (χ3v) is 3.81. The van der Waals surface area contributed by atoms with Gasteiger partial charge < -0.3 is 4.74 Å². The van der Waals surface area contributed by atoms with E-state index in [4.69, 9.17) is 4.74 Å². The Labute approximate surface area is 64.1 Å². The number of allylic oxidation sites excluding steroid dienone is 2. The van der Waals surface area contributed by atoms with Crippen LogP contribution in [0.1, 0.15) is 6.42 Å². The van der Waals surface area contributed by atoms with Crippen molar-refractivity contribution in [2.75, 3.05) is 12.4 Å². The van der Waals surface area contributed by atoms with Crippen molar-refractivity contribution in [2.24, 2.45) is 0 Å². The maximum Gasteiger partial charge on any atom is 0.0676 e. The van der Waals surface area contributed by atoms with Crippen LogP contribution in [0.3, 0.4) is 0 Å². The summed E-state index contributed by atoms with van der Waals surface area (Å²) >= 11 is 0. The van der Waals surface area contributed by atoms with Crippen LogP contribution in [0.15, 0.2) is 23.0 Å². The first-order chi connectivity index (χ1) is 4.95. The Kier molecular flexibility index (Phi) is 1.82. The van der Waals surface area contributed by atoms with Crippen molar-refractivity contribution >= 4 is 10.9 Å². The SMILES string of the molecule is C1=C[SH](C[C@@H]2CCO2)C=C1. The molecule has 0 aromatic heterocycles. The maximum absolute atomic E-state index is 5.34. The zero-order valence-corrected chi connectivity index (χ0v) is 6.76. The van der Waals surface area contributed by atoms with E-state index >= 15 is 0 Å². The molecular weight excluding hydrogens is 144 g/mol. The zero-order valence-electron chi connectivity index (χ0n) is 5.86. The molecule has 0 bridgehead atoms.